The summed E-state index contributed by atoms with van der Waals surface area (Å²) in [6, 6.07) is 4.08. The van der Waals surface area contributed by atoms with Gasteiger partial charge in [0, 0.05) is 38.7 Å². The Bertz CT molecular complexity index is 307. The number of hydrogen-bond acceptors (Lipinski definition) is 3. The Morgan fingerprint density at radius 2 is 2.25 bits per heavy atom. The smallest absolute Gasteiger partial charge is 0.0471 e. The van der Waals surface area contributed by atoms with E-state index in [0.29, 0.717) is 5.41 Å². The molecule has 0 saturated carbocycles. The molecular weight excluding hydrogens is 200 g/mol. The zero-order chi connectivity index (χ0) is 11.3. The predicted octanol–water partition coefficient (Wildman–Crippen LogP) is 1.99. The normalized spacial score (nSPS) is 19.6. The zero-order valence-electron chi connectivity index (χ0n) is 9.91. The van der Waals surface area contributed by atoms with Crippen molar-refractivity contribution in [2.45, 2.75) is 26.3 Å². The predicted molar refractivity (Wildman–Crippen MR) is 64.1 cm³/mol. The Labute approximate surface area is 97.2 Å². The van der Waals surface area contributed by atoms with E-state index in [4.69, 9.17) is 4.74 Å². The molecule has 3 nitrogen and oxygen atoms in total. The molecule has 0 radical (unpaired) electrons. The number of ether oxygens (including phenoxy) is 1. The van der Waals surface area contributed by atoms with Gasteiger partial charge in [-0.2, -0.15) is 0 Å². The molecule has 0 aromatic carbocycles. The standard InChI is InChI=1S/C13H20N2O/c1-13(4-7-16-8-5-13)11-15-10-12-3-2-6-14-9-12/h2-3,6,9,15H,4-5,7-8,10-11H2,1H3. The summed E-state index contributed by atoms with van der Waals surface area (Å²) in [5.41, 5.74) is 1.65. The topological polar surface area (TPSA) is 34.2 Å². The number of rotatable bonds is 4. The van der Waals surface area contributed by atoms with Crippen LogP contribution in [0.1, 0.15) is 25.3 Å². The quantitative estimate of drug-likeness (QED) is 0.842. The lowest BCUT2D eigenvalue weighted by Gasteiger charge is -2.33. The van der Waals surface area contributed by atoms with E-state index in [9.17, 15) is 0 Å². The highest BCUT2D eigenvalue weighted by Gasteiger charge is 2.26. The molecule has 88 valence electrons. The molecule has 1 aromatic heterocycles. The zero-order valence-corrected chi connectivity index (χ0v) is 9.91. The first-order valence-electron chi connectivity index (χ1n) is 5.96. The van der Waals surface area contributed by atoms with Gasteiger partial charge in [0.2, 0.25) is 0 Å². The first kappa shape index (κ1) is 11.6. The minimum Gasteiger partial charge on any atom is -0.381 e. The van der Waals surface area contributed by atoms with Gasteiger partial charge in [0.1, 0.15) is 0 Å². The van der Waals surface area contributed by atoms with Crippen LogP contribution in [-0.4, -0.2) is 24.7 Å². The lowest BCUT2D eigenvalue weighted by molar-refractivity contribution is 0.0240. The molecule has 0 bridgehead atoms. The largest absolute Gasteiger partial charge is 0.381 e. The summed E-state index contributed by atoms with van der Waals surface area (Å²) >= 11 is 0. The number of nitrogens with one attached hydrogen (secondary N) is 1. The van der Waals surface area contributed by atoms with E-state index in [1.54, 1.807) is 0 Å². The van der Waals surface area contributed by atoms with Crippen molar-refractivity contribution in [1.29, 1.82) is 0 Å². The van der Waals surface area contributed by atoms with Crippen molar-refractivity contribution < 1.29 is 4.74 Å². The van der Waals surface area contributed by atoms with Crippen molar-refractivity contribution in [1.82, 2.24) is 10.3 Å². The van der Waals surface area contributed by atoms with E-state index >= 15 is 0 Å². The van der Waals surface area contributed by atoms with E-state index < -0.39 is 0 Å². The molecule has 2 rings (SSSR count). The second kappa shape index (κ2) is 5.41. The molecule has 1 saturated heterocycles. The maximum absolute atomic E-state index is 5.39. The highest BCUT2D eigenvalue weighted by Crippen LogP contribution is 2.28. The van der Waals surface area contributed by atoms with Crippen LogP contribution in [0.3, 0.4) is 0 Å². The van der Waals surface area contributed by atoms with Gasteiger partial charge in [0.25, 0.3) is 0 Å². The van der Waals surface area contributed by atoms with Crippen LogP contribution in [0.4, 0.5) is 0 Å². The number of hydrogen-bond donors (Lipinski definition) is 1. The Hall–Kier alpha value is -0.930. The molecule has 2 heterocycles. The fourth-order valence-electron chi connectivity index (χ4n) is 2.05. The van der Waals surface area contributed by atoms with Crippen molar-refractivity contribution in [2.24, 2.45) is 5.41 Å². The van der Waals surface area contributed by atoms with Gasteiger partial charge >= 0.3 is 0 Å². The van der Waals surface area contributed by atoms with Crippen LogP contribution in [0.25, 0.3) is 0 Å². The van der Waals surface area contributed by atoms with Gasteiger partial charge in [-0.25, -0.2) is 0 Å². The molecule has 1 aliphatic heterocycles. The second-order valence-electron chi connectivity index (χ2n) is 4.89. The third kappa shape index (κ3) is 3.29. The first-order chi connectivity index (χ1) is 7.79. The monoisotopic (exact) mass is 220 g/mol. The molecular formula is C13H20N2O. The van der Waals surface area contributed by atoms with E-state index in [0.717, 1.165) is 39.1 Å². The average molecular weight is 220 g/mol. The van der Waals surface area contributed by atoms with Crippen molar-refractivity contribution >= 4 is 0 Å². The highest BCUT2D eigenvalue weighted by atomic mass is 16.5. The van der Waals surface area contributed by atoms with E-state index in [-0.39, 0.29) is 0 Å². The molecule has 0 atom stereocenters. The molecule has 1 aliphatic rings. The van der Waals surface area contributed by atoms with Crippen molar-refractivity contribution in [3.05, 3.63) is 30.1 Å². The summed E-state index contributed by atoms with van der Waals surface area (Å²) in [7, 11) is 0. The Kier molecular flexibility index (Phi) is 3.91. The third-order valence-electron chi connectivity index (χ3n) is 3.30. The van der Waals surface area contributed by atoms with Crippen molar-refractivity contribution in [2.75, 3.05) is 19.8 Å². The van der Waals surface area contributed by atoms with Gasteiger partial charge in [-0.05, 0) is 29.9 Å². The number of nitrogens with zero attached hydrogens (tertiary/aromatic N) is 1. The average Bonchev–Trinajstić information content (AvgIpc) is 2.31. The van der Waals surface area contributed by atoms with Gasteiger partial charge in [-0.1, -0.05) is 13.0 Å². The van der Waals surface area contributed by atoms with Crippen LogP contribution in [0.5, 0.6) is 0 Å². The Morgan fingerprint density at radius 1 is 1.44 bits per heavy atom. The third-order valence-corrected chi connectivity index (χ3v) is 3.30. The van der Waals surface area contributed by atoms with Crippen LogP contribution in [-0.2, 0) is 11.3 Å². The Balaban J connectivity index is 1.75. The molecule has 16 heavy (non-hydrogen) atoms. The lowest BCUT2D eigenvalue weighted by Crippen LogP contribution is -2.36. The van der Waals surface area contributed by atoms with Gasteiger partial charge in [-0.3, -0.25) is 4.98 Å². The molecule has 1 N–H and O–H groups in total. The maximum Gasteiger partial charge on any atom is 0.0471 e. The summed E-state index contributed by atoms with van der Waals surface area (Å²) in [6.45, 7) is 6.12. The van der Waals surface area contributed by atoms with E-state index in [1.165, 1.54) is 5.56 Å². The molecule has 0 unspecified atom stereocenters. The van der Waals surface area contributed by atoms with Gasteiger partial charge in [-0.15, -0.1) is 0 Å². The number of aromatic nitrogens is 1. The molecule has 1 fully saturated rings. The molecule has 0 aliphatic carbocycles. The fourth-order valence-corrected chi connectivity index (χ4v) is 2.05. The fraction of sp³-hybridized carbons (Fsp3) is 0.615. The summed E-state index contributed by atoms with van der Waals surface area (Å²) in [5, 5.41) is 3.52. The summed E-state index contributed by atoms with van der Waals surface area (Å²) < 4.78 is 5.39. The van der Waals surface area contributed by atoms with E-state index in [2.05, 4.69) is 23.3 Å². The summed E-state index contributed by atoms with van der Waals surface area (Å²) in [6.07, 6.45) is 6.04. The van der Waals surface area contributed by atoms with Crippen molar-refractivity contribution in [3.63, 3.8) is 0 Å². The summed E-state index contributed by atoms with van der Waals surface area (Å²) in [5.74, 6) is 0. The van der Waals surface area contributed by atoms with Crippen LogP contribution in [0.15, 0.2) is 24.5 Å². The highest BCUT2D eigenvalue weighted by molar-refractivity contribution is 5.07. The minimum atomic E-state index is 0.403. The molecule has 0 amide bonds. The van der Waals surface area contributed by atoms with Gasteiger partial charge in [0.05, 0.1) is 0 Å². The lowest BCUT2D eigenvalue weighted by atomic mass is 9.82. The first-order valence-corrected chi connectivity index (χ1v) is 5.96. The van der Waals surface area contributed by atoms with E-state index in [1.807, 2.05) is 18.5 Å². The van der Waals surface area contributed by atoms with Crippen LogP contribution in [0.2, 0.25) is 0 Å². The molecule has 0 spiro atoms. The molecule has 3 heteroatoms. The Morgan fingerprint density at radius 3 is 2.94 bits per heavy atom. The SMILES string of the molecule is CC1(CNCc2cccnc2)CCOCC1. The van der Waals surface area contributed by atoms with Gasteiger partial charge < -0.3 is 10.1 Å². The second-order valence-corrected chi connectivity index (χ2v) is 4.89. The van der Waals surface area contributed by atoms with Crippen LogP contribution >= 0.6 is 0 Å². The van der Waals surface area contributed by atoms with Crippen molar-refractivity contribution in [3.8, 4) is 0 Å². The maximum atomic E-state index is 5.39. The number of pyridine rings is 1. The van der Waals surface area contributed by atoms with Crippen LogP contribution in [0, 0.1) is 5.41 Å². The minimum absolute atomic E-state index is 0.403. The molecule has 1 aromatic rings. The van der Waals surface area contributed by atoms with Crippen LogP contribution < -0.4 is 5.32 Å². The summed E-state index contributed by atoms with van der Waals surface area (Å²) in [4.78, 5) is 4.11. The van der Waals surface area contributed by atoms with Gasteiger partial charge in [0.15, 0.2) is 0 Å².